The van der Waals surface area contributed by atoms with Gasteiger partial charge in [-0.3, -0.25) is 0 Å². The topological polar surface area (TPSA) is 50.3 Å². The lowest BCUT2D eigenvalue weighted by atomic mass is 10.2. The van der Waals surface area contributed by atoms with E-state index in [2.05, 4.69) is 27.2 Å². The van der Waals surface area contributed by atoms with Crippen LogP contribution in [0.1, 0.15) is 12.0 Å². The Labute approximate surface area is 95.8 Å². The highest BCUT2D eigenvalue weighted by Gasteiger charge is 2.22. The molecular weight excluding hydrogens is 204 g/mol. The van der Waals surface area contributed by atoms with E-state index in [4.69, 9.17) is 4.74 Å². The van der Waals surface area contributed by atoms with Crippen LogP contribution in [0.3, 0.4) is 0 Å². The van der Waals surface area contributed by atoms with Crippen LogP contribution < -0.4 is 15.0 Å². The van der Waals surface area contributed by atoms with Crippen LogP contribution in [0.2, 0.25) is 0 Å². The predicted octanol–water partition coefficient (Wildman–Crippen LogP) is 0.592. The summed E-state index contributed by atoms with van der Waals surface area (Å²) in [4.78, 5) is 10.6. The lowest BCUT2D eigenvalue weighted by Gasteiger charge is -2.26. The molecule has 1 N–H and O–H groups in total. The average molecular weight is 222 g/mol. The summed E-state index contributed by atoms with van der Waals surface area (Å²) in [7, 11) is 3.71. The number of ether oxygens (including phenoxy) is 1. The number of nitrogens with one attached hydrogen (secondary N) is 1. The first-order valence-corrected chi connectivity index (χ1v) is 5.53. The van der Waals surface area contributed by atoms with Crippen molar-refractivity contribution in [1.29, 1.82) is 0 Å². The highest BCUT2D eigenvalue weighted by atomic mass is 16.5. The van der Waals surface area contributed by atoms with Crippen molar-refractivity contribution in [2.45, 2.75) is 19.4 Å². The smallest absolute Gasteiger partial charge is 0.221 e. The molecule has 1 saturated heterocycles. The molecule has 5 nitrogen and oxygen atoms in total. The van der Waals surface area contributed by atoms with E-state index in [0.717, 1.165) is 30.9 Å². The van der Waals surface area contributed by atoms with Gasteiger partial charge in [-0.25, -0.2) is 9.97 Å². The molecule has 0 saturated carbocycles. The molecular formula is C11H18N4O. The molecule has 16 heavy (non-hydrogen) atoms. The first-order chi connectivity index (χ1) is 7.74. The third-order valence-electron chi connectivity index (χ3n) is 3.12. The Bertz CT molecular complexity index is 363. The van der Waals surface area contributed by atoms with Crippen LogP contribution >= 0.6 is 0 Å². The fourth-order valence-electron chi connectivity index (χ4n) is 2.13. The first kappa shape index (κ1) is 11.1. The van der Waals surface area contributed by atoms with Crippen molar-refractivity contribution in [1.82, 2.24) is 15.3 Å². The van der Waals surface area contributed by atoms with E-state index in [1.54, 1.807) is 13.4 Å². The quantitative estimate of drug-likeness (QED) is 0.811. The zero-order valence-corrected chi connectivity index (χ0v) is 10.0. The normalized spacial score (nSPS) is 19.8. The molecule has 1 atom stereocenters. The fourth-order valence-corrected chi connectivity index (χ4v) is 2.13. The van der Waals surface area contributed by atoms with Crippen LogP contribution in [0.5, 0.6) is 5.88 Å². The van der Waals surface area contributed by atoms with Crippen LogP contribution in [0.15, 0.2) is 6.33 Å². The molecule has 0 bridgehead atoms. The van der Waals surface area contributed by atoms with E-state index in [0.29, 0.717) is 11.9 Å². The second-order valence-electron chi connectivity index (χ2n) is 4.09. The van der Waals surface area contributed by atoms with Gasteiger partial charge < -0.3 is 15.0 Å². The zero-order chi connectivity index (χ0) is 11.5. The van der Waals surface area contributed by atoms with Crippen molar-refractivity contribution in [3.8, 4) is 5.88 Å². The SMILES string of the molecule is COc1ncnc(N(C)C2CCNC2)c1C. The summed E-state index contributed by atoms with van der Waals surface area (Å²) in [6.45, 7) is 4.09. The third kappa shape index (κ3) is 1.95. The predicted molar refractivity (Wildman–Crippen MR) is 63.0 cm³/mol. The molecule has 0 radical (unpaired) electrons. The van der Waals surface area contributed by atoms with Crippen molar-refractivity contribution >= 4 is 5.82 Å². The molecule has 0 spiro atoms. The van der Waals surface area contributed by atoms with Crippen LogP contribution in [-0.4, -0.2) is 43.3 Å². The molecule has 0 aliphatic carbocycles. The van der Waals surface area contributed by atoms with Gasteiger partial charge in [0.05, 0.1) is 12.7 Å². The maximum absolute atomic E-state index is 5.21. The van der Waals surface area contributed by atoms with Gasteiger partial charge in [-0.1, -0.05) is 0 Å². The summed E-state index contributed by atoms with van der Waals surface area (Å²) in [6, 6.07) is 0.512. The van der Waals surface area contributed by atoms with Crippen molar-refractivity contribution in [3.05, 3.63) is 11.9 Å². The van der Waals surface area contributed by atoms with E-state index in [-0.39, 0.29) is 0 Å². The lowest BCUT2D eigenvalue weighted by molar-refractivity contribution is 0.393. The molecule has 2 rings (SSSR count). The van der Waals surface area contributed by atoms with Crippen LogP contribution in [0.25, 0.3) is 0 Å². The van der Waals surface area contributed by atoms with E-state index < -0.39 is 0 Å². The lowest BCUT2D eigenvalue weighted by Crippen LogP contribution is -2.34. The Morgan fingerprint density at radius 3 is 2.94 bits per heavy atom. The highest BCUT2D eigenvalue weighted by molar-refractivity contribution is 5.50. The van der Waals surface area contributed by atoms with E-state index in [1.807, 2.05) is 6.92 Å². The second-order valence-corrected chi connectivity index (χ2v) is 4.09. The number of likely N-dealkylation sites (N-methyl/N-ethyl adjacent to an activating group) is 1. The molecule has 1 fully saturated rings. The Balaban J connectivity index is 2.25. The summed E-state index contributed by atoms with van der Waals surface area (Å²) >= 11 is 0. The number of hydrogen-bond donors (Lipinski definition) is 1. The van der Waals surface area contributed by atoms with Crippen molar-refractivity contribution < 1.29 is 4.74 Å². The van der Waals surface area contributed by atoms with Gasteiger partial charge in [0.25, 0.3) is 0 Å². The number of methoxy groups -OCH3 is 1. The Morgan fingerprint density at radius 2 is 2.31 bits per heavy atom. The first-order valence-electron chi connectivity index (χ1n) is 5.53. The maximum atomic E-state index is 5.21. The summed E-state index contributed by atoms with van der Waals surface area (Å²) in [5.74, 6) is 1.61. The number of nitrogens with zero attached hydrogens (tertiary/aromatic N) is 3. The van der Waals surface area contributed by atoms with E-state index >= 15 is 0 Å². The Kier molecular flexibility index (Phi) is 3.24. The van der Waals surface area contributed by atoms with Gasteiger partial charge in [-0.15, -0.1) is 0 Å². The van der Waals surface area contributed by atoms with E-state index in [1.165, 1.54) is 0 Å². The Hall–Kier alpha value is -1.36. The van der Waals surface area contributed by atoms with Crippen molar-refractivity contribution in [2.75, 3.05) is 32.1 Å². The van der Waals surface area contributed by atoms with Gasteiger partial charge in [0.2, 0.25) is 5.88 Å². The van der Waals surface area contributed by atoms with Gasteiger partial charge in [-0.2, -0.15) is 0 Å². The minimum Gasteiger partial charge on any atom is -0.481 e. The number of rotatable bonds is 3. The fraction of sp³-hybridized carbons (Fsp3) is 0.636. The van der Waals surface area contributed by atoms with Gasteiger partial charge >= 0.3 is 0 Å². The standard InChI is InChI=1S/C11H18N4O/c1-8-10(13-7-14-11(8)16-3)15(2)9-4-5-12-6-9/h7,9,12H,4-6H2,1-3H3. The molecule has 1 aromatic rings. The monoisotopic (exact) mass is 222 g/mol. The van der Waals surface area contributed by atoms with Crippen molar-refractivity contribution in [2.24, 2.45) is 0 Å². The van der Waals surface area contributed by atoms with E-state index in [9.17, 15) is 0 Å². The molecule has 1 aliphatic heterocycles. The van der Waals surface area contributed by atoms with Gasteiger partial charge in [0.15, 0.2) is 0 Å². The molecule has 1 aromatic heterocycles. The van der Waals surface area contributed by atoms with Crippen LogP contribution in [-0.2, 0) is 0 Å². The molecule has 2 heterocycles. The average Bonchev–Trinajstić information content (AvgIpc) is 2.82. The number of anilines is 1. The zero-order valence-electron chi connectivity index (χ0n) is 10.0. The van der Waals surface area contributed by atoms with Gasteiger partial charge in [0.1, 0.15) is 12.1 Å². The summed E-state index contributed by atoms with van der Waals surface area (Å²) in [5, 5.41) is 3.35. The minimum absolute atomic E-state index is 0.512. The van der Waals surface area contributed by atoms with Crippen LogP contribution in [0, 0.1) is 6.92 Å². The van der Waals surface area contributed by atoms with Gasteiger partial charge in [-0.05, 0) is 19.9 Å². The molecule has 0 aromatic carbocycles. The maximum Gasteiger partial charge on any atom is 0.221 e. The largest absolute Gasteiger partial charge is 0.481 e. The number of hydrogen-bond acceptors (Lipinski definition) is 5. The summed E-state index contributed by atoms with van der Waals surface area (Å²) < 4.78 is 5.21. The second kappa shape index (κ2) is 4.65. The molecule has 1 unspecified atom stereocenters. The van der Waals surface area contributed by atoms with Crippen molar-refractivity contribution in [3.63, 3.8) is 0 Å². The molecule has 88 valence electrons. The Morgan fingerprint density at radius 1 is 1.50 bits per heavy atom. The van der Waals surface area contributed by atoms with Gasteiger partial charge in [0, 0.05) is 19.6 Å². The highest BCUT2D eigenvalue weighted by Crippen LogP contribution is 2.25. The minimum atomic E-state index is 0.512. The summed E-state index contributed by atoms with van der Waals surface area (Å²) in [6.07, 6.45) is 2.71. The molecule has 0 amide bonds. The third-order valence-corrected chi connectivity index (χ3v) is 3.12. The molecule has 1 aliphatic rings. The van der Waals surface area contributed by atoms with Crippen LogP contribution in [0.4, 0.5) is 5.82 Å². The number of aromatic nitrogens is 2. The summed E-state index contributed by atoms with van der Waals surface area (Å²) in [5.41, 5.74) is 0.999. The molecule has 5 heteroatoms.